The lowest BCUT2D eigenvalue weighted by Gasteiger charge is -2.16. The second-order valence-electron chi connectivity index (χ2n) is 5.73. The maximum Gasteiger partial charge on any atom is 0.265 e. The summed E-state index contributed by atoms with van der Waals surface area (Å²) in [6, 6.07) is 13.5. The summed E-state index contributed by atoms with van der Waals surface area (Å²) in [4.78, 5) is 19.5. The molecule has 0 spiro atoms. The monoisotopic (exact) mass is 374 g/mol. The third kappa shape index (κ3) is 4.06. The standard InChI is InChI=1S/C19H16ClFN2OS/c1-12-17(25-18(22-12)14-5-9-16(21)10-6-14)19(24)23(2)11-13-3-7-15(20)8-4-13/h3-10H,11H2,1-2H3. The lowest BCUT2D eigenvalue weighted by molar-refractivity contribution is 0.0789. The SMILES string of the molecule is Cc1nc(-c2ccc(F)cc2)sc1C(=O)N(C)Cc1ccc(Cl)cc1. The molecular weight excluding hydrogens is 359 g/mol. The first-order valence-corrected chi connectivity index (χ1v) is 8.87. The van der Waals surface area contributed by atoms with Crippen LogP contribution >= 0.6 is 22.9 Å². The van der Waals surface area contributed by atoms with E-state index in [1.807, 2.05) is 19.1 Å². The van der Waals surface area contributed by atoms with Crippen molar-refractivity contribution in [3.05, 3.63) is 75.5 Å². The highest BCUT2D eigenvalue weighted by Gasteiger charge is 2.19. The molecule has 1 amide bonds. The minimum Gasteiger partial charge on any atom is -0.337 e. The number of thiazole rings is 1. The predicted molar refractivity (Wildman–Crippen MR) is 99.5 cm³/mol. The molecule has 0 saturated carbocycles. The number of aromatic nitrogens is 1. The van der Waals surface area contributed by atoms with Crippen molar-refractivity contribution in [3.8, 4) is 10.6 Å². The summed E-state index contributed by atoms with van der Waals surface area (Å²) < 4.78 is 13.1. The maximum absolute atomic E-state index is 13.1. The number of nitrogens with zero attached hydrogens (tertiary/aromatic N) is 2. The van der Waals surface area contributed by atoms with E-state index in [0.29, 0.717) is 27.1 Å². The van der Waals surface area contributed by atoms with E-state index in [-0.39, 0.29) is 11.7 Å². The Bertz CT molecular complexity index is 891. The van der Waals surface area contributed by atoms with E-state index < -0.39 is 0 Å². The van der Waals surface area contributed by atoms with Gasteiger partial charge in [0, 0.05) is 24.2 Å². The summed E-state index contributed by atoms with van der Waals surface area (Å²) in [5.41, 5.74) is 2.48. The van der Waals surface area contributed by atoms with Gasteiger partial charge < -0.3 is 4.90 Å². The largest absolute Gasteiger partial charge is 0.337 e. The number of hydrogen-bond donors (Lipinski definition) is 0. The van der Waals surface area contributed by atoms with Crippen LogP contribution < -0.4 is 0 Å². The Morgan fingerprint density at radius 2 is 1.80 bits per heavy atom. The first-order valence-electron chi connectivity index (χ1n) is 7.67. The molecule has 0 fully saturated rings. The van der Waals surface area contributed by atoms with Gasteiger partial charge in [0.2, 0.25) is 0 Å². The van der Waals surface area contributed by atoms with E-state index in [2.05, 4.69) is 4.98 Å². The number of amides is 1. The van der Waals surface area contributed by atoms with Gasteiger partial charge in [0.05, 0.1) is 5.69 Å². The summed E-state index contributed by atoms with van der Waals surface area (Å²) in [6.45, 7) is 2.30. The van der Waals surface area contributed by atoms with Crippen LogP contribution in [0.25, 0.3) is 10.6 Å². The molecule has 0 saturated heterocycles. The second-order valence-corrected chi connectivity index (χ2v) is 7.16. The molecule has 0 bridgehead atoms. The van der Waals surface area contributed by atoms with Crippen molar-refractivity contribution in [2.24, 2.45) is 0 Å². The smallest absolute Gasteiger partial charge is 0.265 e. The molecule has 3 rings (SSSR count). The Morgan fingerprint density at radius 1 is 1.16 bits per heavy atom. The van der Waals surface area contributed by atoms with Crippen LogP contribution in [0.5, 0.6) is 0 Å². The third-order valence-electron chi connectivity index (χ3n) is 3.76. The Labute approximate surface area is 154 Å². The van der Waals surface area contributed by atoms with Crippen LogP contribution in [-0.4, -0.2) is 22.8 Å². The molecule has 6 heteroatoms. The second kappa shape index (κ2) is 7.33. The minimum atomic E-state index is -0.295. The van der Waals surface area contributed by atoms with E-state index in [1.165, 1.54) is 23.5 Å². The average molecular weight is 375 g/mol. The van der Waals surface area contributed by atoms with Crippen molar-refractivity contribution in [3.63, 3.8) is 0 Å². The van der Waals surface area contributed by atoms with Crippen LogP contribution in [0.15, 0.2) is 48.5 Å². The maximum atomic E-state index is 13.1. The zero-order valence-corrected chi connectivity index (χ0v) is 15.4. The first-order chi connectivity index (χ1) is 11.9. The molecule has 128 valence electrons. The molecule has 0 N–H and O–H groups in total. The van der Waals surface area contributed by atoms with Gasteiger partial charge in [0.15, 0.2) is 0 Å². The van der Waals surface area contributed by atoms with Crippen molar-refractivity contribution in [1.29, 1.82) is 0 Å². The van der Waals surface area contributed by atoms with Gasteiger partial charge in [-0.3, -0.25) is 4.79 Å². The Balaban J connectivity index is 1.79. The Hall–Kier alpha value is -2.24. The molecule has 2 aromatic carbocycles. The number of aryl methyl sites for hydroxylation is 1. The van der Waals surface area contributed by atoms with Crippen LogP contribution in [0.3, 0.4) is 0 Å². The van der Waals surface area contributed by atoms with Crippen molar-refractivity contribution in [1.82, 2.24) is 9.88 Å². The highest BCUT2D eigenvalue weighted by Crippen LogP contribution is 2.29. The highest BCUT2D eigenvalue weighted by atomic mass is 35.5. The molecular formula is C19H16ClFN2OS. The molecule has 0 radical (unpaired) electrons. The molecule has 0 aliphatic heterocycles. The fourth-order valence-electron chi connectivity index (χ4n) is 2.42. The molecule has 3 nitrogen and oxygen atoms in total. The molecule has 0 aliphatic rings. The van der Waals surface area contributed by atoms with Crippen molar-refractivity contribution >= 4 is 28.8 Å². The lowest BCUT2D eigenvalue weighted by Crippen LogP contribution is -2.26. The summed E-state index contributed by atoms with van der Waals surface area (Å²) in [7, 11) is 1.76. The molecule has 25 heavy (non-hydrogen) atoms. The van der Waals surface area contributed by atoms with Gasteiger partial charge in [-0.05, 0) is 48.9 Å². The van der Waals surface area contributed by atoms with E-state index in [1.54, 1.807) is 36.2 Å². The van der Waals surface area contributed by atoms with Gasteiger partial charge in [-0.25, -0.2) is 9.37 Å². The number of halogens is 2. The Morgan fingerprint density at radius 3 is 2.44 bits per heavy atom. The predicted octanol–water partition coefficient (Wildman–Crippen LogP) is 5.18. The Kier molecular flexibility index (Phi) is 5.16. The molecule has 1 aromatic heterocycles. The van der Waals surface area contributed by atoms with Crippen LogP contribution in [-0.2, 0) is 6.54 Å². The molecule has 3 aromatic rings. The fraction of sp³-hybridized carbons (Fsp3) is 0.158. The van der Waals surface area contributed by atoms with Gasteiger partial charge in [-0.1, -0.05) is 23.7 Å². The third-order valence-corrected chi connectivity index (χ3v) is 5.21. The summed E-state index contributed by atoms with van der Waals surface area (Å²) in [6.07, 6.45) is 0. The van der Waals surface area contributed by atoms with E-state index in [4.69, 9.17) is 11.6 Å². The van der Waals surface area contributed by atoms with E-state index in [0.717, 1.165) is 11.1 Å². The number of carbonyl (C=O) groups excluding carboxylic acids is 1. The van der Waals surface area contributed by atoms with Crippen molar-refractivity contribution < 1.29 is 9.18 Å². The summed E-state index contributed by atoms with van der Waals surface area (Å²) >= 11 is 7.21. The number of rotatable bonds is 4. The molecule has 1 heterocycles. The van der Waals surface area contributed by atoms with Crippen LogP contribution in [0.2, 0.25) is 5.02 Å². The molecule has 0 aliphatic carbocycles. The molecule has 0 unspecified atom stereocenters. The van der Waals surface area contributed by atoms with Crippen LogP contribution in [0, 0.1) is 12.7 Å². The minimum absolute atomic E-state index is 0.0849. The zero-order valence-electron chi connectivity index (χ0n) is 13.8. The average Bonchev–Trinajstić information content (AvgIpc) is 2.98. The normalized spacial score (nSPS) is 10.7. The number of hydrogen-bond acceptors (Lipinski definition) is 3. The van der Waals surface area contributed by atoms with E-state index in [9.17, 15) is 9.18 Å². The van der Waals surface area contributed by atoms with Gasteiger partial charge >= 0.3 is 0 Å². The van der Waals surface area contributed by atoms with Crippen LogP contribution in [0.4, 0.5) is 4.39 Å². The zero-order chi connectivity index (χ0) is 18.0. The molecule has 0 atom stereocenters. The van der Waals surface area contributed by atoms with Crippen molar-refractivity contribution in [2.75, 3.05) is 7.05 Å². The van der Waals surface area contributed by atoms with Gasteiger partial charge in [-0.2, -0.15) is 0 Å². The lowest BCUT2D eigenvalue weighted by atomic mass is 10.2. The number of carbonyl (C=O) groups is 1. The highest BCUT2D eigenvalue weighted by molar-refractivity contribution is 7.17. The summed E-state index contributed by atoms with van der Waals surface area (Å²) in [5.74, 6) is -0.380. The van der Waals surface area contributed by atoms with Gasteiger partial charge in [0.25, 0.3) is 5.91 Å². The summed E-state index contributed by atoms with van der Waals surface area (Å²) in [5, 5.41) is 1.38. The van der Waals surface area contributed by atoms with Crippen molar-refractivity contribution in [2.45, 2.75) is 13.5 Å². The topological polar surface area (TPSA) is 33.2 Å². The number of benzene rings is 2. The van der Waals surface area contributed by atoms with E-state index >= 15 is 0 Å². The quantitative estimate of drug-likeness (QED) is 0.630. The first kappa shape index (κ1) is 17.6. The van der Waals surface area contributed by atoms with Crippen LogP contribution in [0.1, 0.15) is 20.9 Å². The van der Waals surface area contributed by atoms with Gasteiger partial charge in [-0.15, -0.1) is 11.3 Å². The fourth-order valence-corrected chi connectivity index (χ4v) is 3.61. The van der Waals surface area contributed by atoms with Gasteiger partial charge in [0.1, 0.15) is 15.7 Å².